The van der Waals surface area contributed by atoms with Crippen LogP contribution in [0.1, 0.15) is 16.8 Å². The van der Waals surface area contributed by atoms with Crippen LogP contribution in [0.3, 0.4) is 0 Å². The molecule has 2 aliphatic heterocycles. The third-order valence-corrected chi connectivity index (χ3v) is 4.16. The molecule has 2 saturated heterocycles. The second-order valence-electron chi connectivity index (χ2n) is 5.18. The van der Waals surface area contributed by atoms with Gasteiger partial charge in [0, 0.05) is 25.0 Å². The summed E-state index contributed by atoms with van der Waals surface area (Å²) in [7, 11) is 0. The largest absolute Gasteiger partial charge is 0.337 e. The van der Waals surface area contributed by atoms with Crippen LogP contribution < -0.4 is 5.32 Å². The van der Waals surface area contributed by atoms with Gasteiger partial charge in [-0.1, -0.05) is 17.7 Å². The maximum absolute atomic E-state index is 13.6. The predicted molar refractivity (Wildman–Crippen MR) is 67.2 cm³/mol. The number of amides is 1. The fourth-order valence-electron chi connectivity index (χ4n) is 2.83. The van der Waals surface area contributed by atoms with Gasteiger partial charge in [0.05, 0.1) is 10.6 Å². The molecule has 0 unspecified atom stereocenters. The first-order valence-corrected chi connectivity index (χ1v) is 6.43. The van der Waals surface area contributed by atoms with Crippen LogP contribution in [0.25, 0.3) is 0 Å². The Bertz CT molecular complexity index is 472. The number of hydrogen-bond donors (Lipinski definition) is 1. The zero-order valence-corrected chi connectivity index (χ0v) is 10.6. The molecule has 3 nitrogen and oxygen atoms in total. The maximum atomic E-state index is 13.6. The van der Waals surface area contributed by atoms with Crippen LogP contribution in [-0.2, 0) is 0 Å². The van der Waals surface area contributed by atoms with Crippen molar-refractivity contribution in [1.29, 1.82) is 0 Å². The second kappa shape index (κ2) is 4.21. The fourth-order valence-corrected chi connectivity index (χ4v) is 3.08. The number of likely N-dealkylation sites (tertiary alicyclic amines) is 1. The van der Waals surface area contributed by atoms with E-state index in [1.165, 1.54) is 12.1 Å². The molecular weight excluding hydrogens is 255 g/mol. The summed E-state index contributed by atoms with van der Waals surface area (Å²) < 4.78 is 13.6. The summed E-state index contributed by atoms with van der Waals surface area (Å²) in [6.07, 6.45) is 1.09. The SMILES string of the molecule is O=C(c1c(F)cccc1Cl)N1CC2(CCNC2)C1. The summed E-state index contributed by atoms with van der Waals surface area (Å²) in [4.78, 5) is 13.9. The van der Waals surface area contributed by atoms with Crippen molar-refractivity contribution < 1.29 is 9.18 Å². The first-order valence-electron chi connectivity index (χ1n) is 6.05. The Hall–Kier alpha value is -1.13. The summed E-state index contributed by atoms with van der Waals surface area (Å²) in [6.45, 7) is 3.34. The number of rotatable bonds is 1. The van der Waals surface area contributed by atoms with Gasteiger partial charge in [0.25, 0.3) is 5.91 Å². The fraction of sp³-hybridized carbons (Fsp3) is 0.462. The van der Waals surface area contributed by atoms with E-state index in [1.807, 2.05) is 0 Å². The summed E-state index contributed by atoms with van der Waals surface area (Å²) >= 11 is 5.90. The molecular formula is C13H14ClFN2O. The van der Waals surface area contributed by atoms with E-state index in [9.17, 15) is 9.18 Å². The zero-order chi connectivity index (χ0) is 12.8. The van der Waals surface area contributed by atoms with Gasteiger partial charge in [0.2, 0.25) is 0 Å². The number of nitrogens with zero attached hydrogens (tertiary/aromatic N) is 1. The van der Waals surface area contributed by atoms with Crippen molar-refractivity contribution in [3.05, 3.63) is 34.6 Å². The topological polar surface area (TPSA) is 32.3 Å². The number of halogens is 2. The molecule has 1 amide bonds. The van der Waals surface area contributed by atoms with E-state index in [-0.39, 0.29) is 21.9 Å². The smallest absolute Gasteiger partial charge is 0.258 e. The molecule has 1 N–H and O–H groups in total. The van der Waals surface area contributed by atoms with E-state index in [1.54, 1.807) is 11.0 Å². The Morgan fingerprint density at radius 3 is 2.83 bits per heavy atom. The van der Waals surface area contributed by atoms with Crippen LogP contribution >= 0.6 is 11.6 Å². The lowest BCUT2D eigenvalue weighted by molar-refractivity contribution is 0.0155. The van der Waals surface area contributed by atoms with Crippen LogP contribution in [0.15, 0.2) is 18.2 Å². The van der Waals surface area contributed by atoms with Crippen molar-refractivity contribution in [3.8, 4) is 0 Å². The third-order valence-electron chi connectivity index (χ3n) is 3.85. The van der Waals surface area contributed by atoms with Crippen LogP contribution in [0.5, 0.6) is 0 Å². The minimum atomic E-state index is -0.544. The number of carbonyl (C=O) groups is 1. The highest BCUT2D eigenvalue weighted by molar-refractivity contribution is 6.33. The van der Waals surface area contributed by atoms with Crippen molar-refractivity contribution in [2.24, 2.45) is 5.41 Å². The summed E-state index contributed by atoms with van der Waals surface area (Å²) in [5, 5.41) is 3.48. The second-order valence-corrected chi connectivity index (χ2v) is 5.59. The molecule has 0 aliphatic carbocycles. The molecule has 2 fully saturated rings. The van der Waals surface area contributed by atoms with Crippen molar-refractivity contribution >= 4 is 17.5 Å². The highest BCUT2D eigenvalue weighted by atomic mass is 35.5. The molecule has 0 saturated carbocycles. The summed E-state index contributed by atoms with van der Waals surface area (Å²) in [6, 6.07) is 4.32. The van der Waals surface area contributed by atoms with Crippen LogP contribution in [0.4, 0.5) is 4.39 Å². The predicted octanol–water partition coefficient (Wildman–Crippen LogP) is 1.91. The molecule has 1 aromatic rings. The Balaban J connectivity index is 1.77. The molecule has 96 valence electrons. The minimum absolute atomic E-state index is 0.0000252. The van der Waals surface area contributed by atoms with E-state index in [4.69, 9.17) is 11.6 Å². The van der Waals surface area contributed by atoms with E-state index in [0.29, 0.717) is 13.1 Å². The van der Waals surface area contributed by atoms with Gasteiger partial charge in [-0.3, -0.25) is 4.79 Å². The zero-order valence-electron chi connectivity index (χ0n) is 9.88. The standard InChI is InChI=1S/C13H14ClFN2O/c14-9-2-1-3-10(15)11(9)12(18)17-7-13(8-17)4-5-16-6-13/h1-3,16H,4-8H2. The van der Waals surface area contributed by atoms with Crippen molar-refractivity contribution in [3.63, 3.8) is 0 Å². The number of benzene rings is 1. The van der Waals surface area contributed by atoms with E-state index in [2.05, 4.69) is 5.32 Å². The van der Waals surface area contributed by atoms with E-state index < -0.39 is 5.82 Å². The first-order chi connectivity index (χ1) is 8.61. The van der Waals surface area contributed by atoms with Gasteiger partial charge in [-0.15, -0.1) is 0 Å². The normalized spacial score (nSPS) is 21.1. The average molecular weight is 269 g/mol. The molecule has 1 spiro atoms. The monoisotopic (exact) mass is 268 g/mol. The van der Waals surface area contributed by atoms with Crippen LogP contribution in [0.2, 0.25) is 5.02 Å². The molecule has 5 heteroatoms. The lowest BCUT2D eigenvalue weighted by atomic mass is 9.79. The highest BCUT2D eigenvalue weighted by Crippen LogP contribution is 2.37. The van der Waals surface area contributed by atoms with E-state index >= 15 is 0 Å². The summed E-state index contributed by atoms with van der Waals surface area (Å²) in [5.41, 5.74) is 0.216. The van der Waals surface area contributed by atoms with Crippen LogP contribution in [0, 0.1) is 11.2 Å². The van der Waals surface area contributed by atoms with Gasteiger partial charge in [-0.25, -0.2) is 4.39 Å². The van der Waals surface area contributed by atoms with Crippen molar-refractivity contribution in [2.75, 3.05) is 26.2 Å². The van der Waals surface area contributed by atoms with Crippen LogP contribution in [-0.4, -0.2) is 37.0 Å². The Morgan fingerprint density at radius 2 is 2.22 bits per heavy atom. The lowest BCUT2D eigenvalue weighted by Crippen LogP contribution is -2.59. The number of carbonyl (C=O) groups excluding carboxylic acids is 1. The van der Waals surface area contributed by atoms with Crippen molar-refractivity contribution in [1.82, 2.24) is 10.2 Å². The Kier molecular flexibility index (Phi) is 2.79. The molecule has 3 rings (SSSR count). The van der Waals surface area contributed by atoms with Gasteiger partial charge >= 0.3 is 0 Å². The molecule has 0 aromatic heterocycles. The molecule has 0 bridgehead atoms. The van der Waals surface area contributed by atoms with E-state index in [0.717, 1.165) is 19.5 Å². The van der Waals surface area contributed by atoms with Gasteiger partial charge in [0.1, 0.15) is 5.82 Å². The average Bonchev–Trinajstić information content (AvgIpc) is 2.75. The summed E-state index contributed by atoms with van der Waals surface area (Å²) in [5.74, 6) is -0.839. The molecule has 18 heavy (non-hydrogen) atoms. The van der Waals surface area contributed by atoms with Gasteiger partial charge < -0.3 is 10.2 Å². The number of hydrogen-bond acceptors (Lipinski definition) is 2. The molecule has 1 aromatic carbocycles. The molecule has 2 heterocycles. The highest BCUT2D eigenvalue weighted by Gasteiger charge is 2.47. The first kappa shape index (κ1) is 11.9. The molecule has 0 radical (unpaired) electrons. The van der Waals surface area contributed by atoms with Gasteiger partial charge in [-0.2, -0.15) is 0 Å². The number of nitrogens with one attached hydrogen (secondary N) is 1. The molecule has 0 atom stereocenters. The lowest BCUT2D eigenvalue weighted by Gasteiger charge is -2.47. The quantitative estimate of drug-likeness (QED) is 0.844. The van der Waals surface area contributed by atoms with Gasteiger partial charge in [-0.05, 0) is 25.1 Å². The minimum Gasteiger partial charge on any atom is -0.337 e. The Morgan fingerprint density at radius 1 is 1.44 bits per heavy atom. The Labute approximate surface area is 110 Å². The van der Waals surface area contributed by atoms with Gasteiger partial charge in [0.15, 0.2) is 0 Å². The van der Waals surface area contributed by atoms with Crippen molar-refractivity contribution in [2.45, 2.75) is 6.42 Å². The molecule has 2 aliphatic rings. The third kappa shape index (κ3) is 1.80. The maximum Gasteiger partial charge on any atom is 0.258 e.